The van der Waals surface area contributed by atoms with Crippen LogP contribution >= 0.6 is 12.2 Å². The Morgan fingerprint density at radius 3 is 2.57 bits per heavy atom. The van der Waals surface area contributed by atoms with Gasteiger partial charge in [-0.25, -0.2) is 0 Å². The molecule has 108 valence electrons. The predicted molar refractivity (Wildman–Crippen MR) is 89.1 cm³/mol. The molecule has 0 amide bonds. The van der Waals surface area contributed by atoms with Crippen molar-refractivity contribution < 1.29 is 4.74 Å². The summed E-state index contributed by atoms with van der Waals surface area (Å²) in [7, 11) is 1.67. The fraction of sp³-hybridized carbons (Fsp3) is 0.235. The average molecular weight is 298 g/mol. The van der Waals surface area contributed by atoms with Gasteiger partial charge in [0, 0.05) is 0 Å². The Labute approximate surface area is 129 Å². The zero-order valence-corrected chi connectivity index (χ0v) is 13.2. The summed E-state index contributed by atoms with van der Waals surface area (Å²) >= 11 is 5.54. The average Bonchev–Trinajstić information content (AvgIpc) is 2.82. The van der Waals surface area contributed by atoms with E-state index in [0.717, 1.165) is 22.5 Å². The van der Waals surface area contributed by atoms with E-state index < -0.39 is 0 Å². The first-order valence-corrected chi connectivity index (χ1v) is 7.41. The van der Waals surface area contributed by atoms with Crippen LogP contribution in [0.3, 0.4) is 0 Å². The van der Waals surface area contributed by atoms with E-state index in [9.17, 15) is 0 Å². The van der Waals surface area contributed by atoms with Gasteiger partial charge in [-0.1, -0.05) is 38.1 Å². The fourth-order valence-corrected chi connectivity index (χ4v) is 2.99. The molecule has 1 heterocycles. The number of para-hydroxylation sites is 2. The Morgan fingerprint density at radius 1 is 1.10 bits per heavy atom. The molecule has 2 aromatic carbocycles. The number of rotatable bonds is 3. The third-order valence-corrected chi connectivity index (χ3v) is 3.98. The Kier molecular flexibility index (Phi) is 3.55. The van der Waals surface area contributed by atoms with Crippen LogP contribution in [0, 0.1) is 4.77 Å². The molecule has 3 aromatic rings. The highest BCUT2D eigenvalue weighted by molar-refractivity contribution is 7.71. The zero-order valence-electron chi connectivity index (χ0n) is 12.4. The van der Waals surface area contributed by atoms with E-state index in [1.165, 1.54) is 5.56 Å². The number of aromatic nitrogens is 2. The zero-order chi connectivity index (χ0) is 15.0. The minimum atomic E-state index is 0.429. The second-order valence-corrected chi connectivity index (χ2v) is 5.72. The van der Waals surface area contributed by atoms with Gasteiger partial charge in [-0.3, -0.25) is 4.57 Å². The van der Waals surface area contributed by atoms with Crippen LogP contribution in [0.1, 0.15) is 25.3 Å². The second kappa shape index (κ2) is 5.37. The summed E-state index contributed by atoms with van der Waals surface area (Å²) in [6, 6.07) is 14.4. The van der Waals surface area contributed by atoms with E-state index in [-0.39, 0.29) is 0 Å². The molecule has 0 unspecified atom stereocenters. The molecule has 0 saturated carbocycles. The van der Waals surface area contributed by atoms with E-state index in [4.69, 9.17) is 17.0 Å². The van der Waals surface area contributed by atoms with E-state index in [1.54, 1.807) is 7.11 Å². The van der Waals surface area contributed by atoms with E-state index in [0.29, 0.717) is 10.7 Å². The molecule has 0 bridgehead atoms. The monoisotopic (exact) mass is 298 g/mol. The van der Waals surface area contributed by atoms with Crippen LogP contribution in [0.2, 0.25) is 0 Å². The summed E-state index contributed by atoms with van der Waals surface area (Å²) in [6.45, 7) is 4.38. The van der Waals surface area contributed by atoms with Crippen LogP contribution in [0.25, 0.3) is 16.7 Å². The minimum absolute atomic E-state index is 0.429. The molecular formula is C17H18N2OS. The third kappa shape index (κ3) is 2.25. The lowest BCUT2D eigenvalue weighted by Gasteiger charge is -2.14. The molecule has 4 heteroatoms. The highest BCUT2D eigenvalue weighted by Crippen LogP contribution is 2.30. The Morgan fingerprint density at radius 2 is 1.86 bits per heavy atom. The van der Waals surface area contributed by atoms with Crippen LogP contribution in [0.15, 0.2) is 42.5 Å². The summed E-state index contributed by atoms with van der Waals surface area (Å²) in [5.41, 5.74) is 4.37. The molecule has 1 N–H and O–H groups in total. The van der Waals surface area contributed by atoms with Crippen LogP contribution < -0.4 is 4.74 Å². The van der Waals surface area contributed by atoms with Crippen molar-refractivity contribution in [3.05, 3.63) is 52.8 Å². The largest absolute Gasteiger partial charge is 0.494 e. The lowest BCUT2D eigenvalue weighted by Crippen LogP contribution is -2.01. The third-order valence-electron chi connectivity index (χ3n) is 3.70. The molecule has 0 saturated heterocycles. The molecule has 3 nitrogen and oxygen atoms in total. The number of hydrogen-bond donors (Lipinski definition) is 1. The summed E-state index contributed by atoms with van der Waals surface area (Å²) in [4.78, 5) is 3.26. The highest BCUT2D eigenvalue weighted by atomic mass is 32.1. The molecule has 0 aliphatic rings. The van der Waals surface area contributed by atoms with Gasteiger partial charge in [-0.2, -0.15) is 0 Å². The summed E-state index contributed by atoms with van der Waals surface area (Å²) in [6.07, 6.45) is 0. The molecule has 0 fully saturated rings. The van der Waals surface area contributed by atoms with E-state index in [1.807, 2.05) is 18.2 Å². The first-order chi connectivity index (χ1) is 10.1. The van der Waals surface area contributed by atoms with Crippen molar-refractivity contribution in [1.82, 2.24) is 9.55 Å². The predicted octanol–water partition coefficient (Wildman–Crippen LogP) is 4.82. The molecule has 1 aromatic heterocycles. The number of H-pyrrole nitrogens is 1. The smallest absolute Gasteiger partial charge is 0.182 e. The van der Waals surface area contributed by atoms with Gasteiger partial charge in [0.05, 0.1) is 18.3 Å². The van der Waals surface area contributed by atoms with Gasteiger partial charge >= 0.3 is 0 Å². The fourth-order valence-electron chi connectivity index (χ4n) is 2.69. The van der Waals surface area contributed by atoms with Crippen LogP contribution in [0.4, 0.5) is 0 Å². The van der Waals surface area contributed by atoms with Crippen molar-refractivity contribution in [3.8, 4) is 11.4 Å². The molecule has 3 rings (SSSR count). The van der Waals surface area contributed by atoms with Crippen LogP contribution in [0.5, 0.6) is 5.75 Å². The topological polar surface area (TPSA) is 29.9 Å². The molecule has 0 aliphatic carbocycles. The number of imidazole rings is 1. The van der Waals surface area contributed by atoms with Gasteiger partial charge < -0.3 is 9.72 Å². The maximum absolute atomic E-state index is 5.54. The molecule has 0 atom stereocenters. The molecule has 0 radical (unpaired) electrons. The van der Waals surface area contributed by atoms with E-state index >= 15 is 0 Å². The number of hydrogen-bond acceptors (Lipinski definition) is 2. The lowest BCUT2D eigenvalue weighted by molar-refractivity contribution is 0.419. The van der Waals surface area contributed by atoms with Crippen molar-refractivity contribution in [2.75, 3.05) is 7.11 Å². The number of nitrogens with one attached hydrogen (secondary N) is 1. The van der Waals surface area contributed by atoms with Gasteiger partial charge in [-0.05, 0) is 41.9 Å². The number of nitrogens with zero attached hydrogens (tertiary/aromatic N) is 1. The number of ether oxygens (including phenoxy) is 1. The Hall–Kier alpha value is -2.07. The second-order valence-electron chi connectivity index (χ2n) is 5.33. The quantitative estimate of drug-likeness (QED) is 0.703. The summed E-state index contributed by atoms with van der Waals surface area (Å²) < 4.78 is 8.19. The van der Waals surface area contributed by atoms with Gasteiger partial charge in [-0.15, -0.1) is 0 Å². The Balaban J connectivity index is 2.37. The van der Waals surface area contributed by atoms with Gasteiger partial charge in [0.25, 0.3) is 0 Å². The van der Waals surface area contributed by atoms with Gasteiger partial charge in [0.15, 0.2) is 4.77 Å². The number of methoxy groups -OCH3 is 1. The standard InChI is InChI=1S/C17H18N2OS/c1-11(2)12-7-4-5-8-13(12)19-14-9-6-10-15(20-3)16(14)18-17(19)21/h4-11H,1-3H3,(H,18,21). The van der Waals surface area contributed by atoms with Crippen molar-refractivity contribution >= 4 is 23.3 Å². The van der Waals surface area contributed by atoms with Crippen LogP contribution in [-0.4, -0.2) is 16.7 Å². The highest BCUT2D eigenvalue weighted by Gasteiger charge is 2.14. The number of aromatic amines is 1. The molecular weight excluding hydrogens is 280 g/mol. The van der Waals surface area contributed by atoms with Crippen molar-refractivity contribution in [2.45, 2.75) is 19.8 Å². The van der Waals surface area contributed by atoms with Gasteiger partial charge in [0.1, 0.15) is 11.3 Å². The Bertz CT molecular complexity index is 845. The van der Waals surface area contributed by atoms with Gasteiger partial charge in [0.2, 0.25) is 0 Å². The number of benzene rings is 2. The molecule has 0 aliphatic heterocycles. The van der Waals surface area contributed by atoms with Crippen molar-refractivity contribution in [3.63, 3.8) is 0 Å². The minimum Gasteiger partial charge on any atom is -0.494 e. The lowest BCUT2D eigenvalue weighted by atomic mass is 10.0. The SMILES string of the molecule is COc1cccc2c1[nH]c(=S)n2-c1ccccc1C(C)C. The maximum Gasteiger partial charge on any atom is 0.182 e. The molecule has 0 spiro atoms. The van der Waals surface area contributed by atoms with Crippen molar-refractivity contribution in [1.29, 1.82) is 0 Å². The normalized spacial score (nSPS) is 11.2. The van der Waals surface area contributed by atoms with Crippen LogP contribution in [-0.2, 0) is 0 Å². The summed E-state index contributed by atoms with van der Waals surface area (Å²) in [5.74, 6) is 1.23. The first-order valence-electron chi connectivity index (χ1n) is 7.00. The summed E-state index contributed by atoms with van der Waals surface area (Å²) in [5, 5.41) is 0. The van der Waals surface area contributed by atoms with E-state index in [2.05, 4.69) is 47.7 Å². The maximum atomic E-state index is 5.54. The van der Waals surface area contributed by atoms with Crippen molar-refractivity contribution in [2.24, 2.45) is 0 Å². The number of fused-ring (bicyclic) bond motifs is 1. The first kappa shape index (κ1) is 13.9. The molecule has 21 heavy (non-hydrogen) atoms.